The summed E-state index contributed by atoms with van der Waals surface area (Å²) in [5.41, 5.74) is 0. The third-order valence-corrected chi connectivity index (χ3v) is 1.45. The lowest BCUT2D eigenvalue weighted by atomic mass is 10.3. The summed E-state index contributed by atoms with van der Waals surface area (Å²) >= 11 is 0. The minimum Gasteiger partial charge on any atom is -0.394 e. The first kappa shape index (κ1) is 7.50. The highest BCUT2D eigenvalue weighted by Crippen LogP contribution is 2.13. The van der Waals surface area contributed by atoms with Crippen molar-refractivity contribution in [2.75, 3.05) is 13.2 Å². The molecule has 0 saturated carbocycles. The first-order valence-electron chi connectivity index (χ1n) is 3.36. The number of carbonyl (C=O) groups excluding carboxylic acids is 1. The van der Waals surface area contributed by atoms with Crippen LogP contribution in [0.15, 0.2) is 0 Å². The Morgan fingerprint density at radius 3 is 2.90 bits per heavy atom. The Kier molecular flexibility index (Phi) is 2.24. The van der Waals surface area contributed by atoms with Crippen molar-refractivity contribution in [3.8, 4) is 0 Å². The van der Waals surface area contributed by atoms with Crippen molar-refractivity contribution >= 4 is 5.91 Å². The van der Waals surface area contributed by atoms with Gasteiger partial charge in [0, 0.05) is 6.54 Å². The monoisotopic (exact) mass is 145 g/mol. The number of amides is 1. The van der Waals surface area contributed by atoms with Gasteiger partial charge >= 0.3 is 0 Å². The molecule has 1 saturated heterocycles. The van der Waals surface area contributed by atoms with Gasteiger partial charge in [0.15, 0.2) is 0 Å². The van der Waals surface area contributed by atoms with E-state index >= 15 is 0 Å². The third-order valence-electron chi connectivity index (χ3n) is 1.45. The molecule has 0 aromatic carbocycles. The van der Waals surface area contributed by atoms with Crippen molar-refractivity contribution in [3.63, 3.8) is 0 Å². The average molecular weight is 145 g/mol. The van der Waals surface area contributed by atoms with Gasteiger partial charge in [-0.3, -0.25) is 9.63 Å². The second kappa shape index (κ2) is 2.98. The molecule has 0 aromatic rings. The molecule has 1 fully saturated rings. The molecule has 1 unspecified atom stereocenters. The molecule has 58 valence electrons. The lowest BCUT2D eigenvalue weighted by Gasteiger charge is -2.11. The van der Waals surface area contributed by atoms with Gasteiger partial charge in [0.25, 0.3) is 0 Å². The molecule has 1 heterocycles. The molecule has 0 aliphatic carbocycles. The van der Waals surface area contributed by atoms with Crippen molar-refractivity contribution in [2.24, 2.45) is 0 Å². The maximum Gasteiger partial charge on any atom is 0.248 e. The van der Waals surface area contributed by atoms with Gasteiger partial charge in [0.2, 0.25) is 5.91 Å². The quantitative estimate of drug-likeness (QED) is 0.571. The summed E-state index contributed by atoms with van der Waals surface area (Å²) < 4.78 is 0. The van der Waals surface area contributed by atoms with Crippen LogP contribution in [-0.4, -0.2) is 35.3 Å². The van der Waals surface area contributed by atoms with Crippen LogP contribution in [0.25, 0.3) is 0 Å². The van der Waals surface area contributed by atoms with E-state index in [1.165, 1.54) is 5.06 Å². The zero-order valence-corrected chi connectivity index (χ0v) is 5.91. The number of aliphatic hydroxyl groups excluding tert-OH is 1. The molecular formula is C6H11NO3. The van der Waals surface area contributed by atoms with Crippen LogP contribution in [0.3, 0.4) is 0 Å². The Labute approximate surface area is 59.3 Å². The molecule has 4 heteroatoms. The van der Waals surface area contributed by atoms with E-state index in [1.807, 2.05) is 6.92 Å². The Morgan fingerprint density at radius 1 is 1.90 bits per heavy atom. The number of nitrogens with zero attached hydrogens (tertiary/aromatic N) is 1. The number of hydrogen-bond donors (Lipinski definition) is 1. The highest BCUT2D eigenvalue weighted by atomic mass is 16.7. The summed E-state index contributed by atoms with van der Waals surface area (Å²) in [6.07, 6.45) is -0.00269. The van der Waals surface area contributed by atoms with Gasteiger partial charge in [-0.2, -0.15) is 0 Å². The first-order chi connectivity index (χ1) is 4.77. The van der Waals surface area contributed by atoms with Crippen molar-refractivity contribution in [1.82, 2.24) is 5.06 Å². The molecule has 0 radical (unpaired) electrons. The van der Waals surface area contributed by atoms with Crippen LogP contribution in [-0.2, 0) is 9.63 Å². The van der Waals surface area contributed by atoms with Gasteiger partial charge in [-0.1, -0.05) is 0 Å². The highest BCUT2D eigenvalue weighted by Gasteiger charge is 2.28. The van der Waals surface area contributed by atoms with E-state index in [2.05, 4.69) is 0 Å². The largest absolute Gasteiger partial charge is 0.394 e. The Hall–Kier alpha value is -0.610. The Bertz CT molecular complexity index is 137. The standard InChI is InChI=1S/C6H11NO3/c1-2-7-6(9)3-5(4-8)10-7/h5,8H,2-4H2,1H3. The summed E-state index contributed by atoms with van der Waals surface area (Å²) in [5, 5.41) is 9.87. The van der Waals surface area contributed by atoms with Gasteiger partial charge in [-0.25, -0.2) is 5.06 Å². The summed E-state index contributed by atoms with van der Waals surface area (Å²) in [6, 6.07) is 0. The summed E-state index contributed by atoms with van der Waals surface area (Å²) in [4.78, 5) is 15.9. The molecule has 1 amide bonds. The van der Waals surface area contributed by atoms with Crippen molar-refractivity contribution in [3.05, 3.63) is 0 Å². The zero-order chi connectivity index (χ0) is 7.56. The summed E-state index contributed by atoms with van der Waals surface area (Å²) in [7, 11) is 0. The van der Waals surface area contributed by atoms with Gasteiger partial charge in [0.1, 0.15) is 6.10 Å². The van der Waals surface area contributed by atoms with E-state index in [4.69, 9.17) is 9.94 Å². The van der Waals surface area contributed by atoms with E-state index < -0.39 is 0 Å². The minimum absolute atomic E-state index is 0.0402. The van der Waals surface area contributed by atoms with Crippen LogP contribution in [0.5, 0.6) is 0 Å². The average Bonchev–Trinajstić information content (AvgIpc) is 2.30. The molecular weight excluding hydrogens is 134 g/mol. The van der Waals surface area contributed by atoms with Gasteiger partial charge in [-0.15, -0.1) is 0 Å². The Balaban J connectivity index is 2.44. The fraction of sp³-hybridized carbons (Fsp3) is 0.833. The number of rotatable bonds is 2. The first-order valence-corrected chi connectivity index (χ1v) is 3.36. The zero-order valence-electron chi connectivity index (χ0n) is 5.91. The van der Waals surface area contributed by atoms with Gasteiger partial charge < -0.3 is 5.11 Å². The normalized spacial score (nSPS) is 26.0. The predicted molar refractivity (Wildman–Crippen MR) is 34.0 cm³/mol. The van der Waals surface area contributed by atoms with Crippen LogP contribution in [0.2, 0.25) is 0 Å². The smallest absolute Gasteiger partial charge is 0.248 e. The molecule has 1 aliphatic heterocycles. The lowest BCUT2D eigenvalue weighted by Crippen LogP contribution is -2.23. The molecule has 1 aliphatic rings. The van der Waals surface area contributed by atoms with Crippen molar-refractivity contribution in [2.45, 2.75) is 19.4 Å². The fourth-order valence-electron chi connectivity index (χ4n) is 0.921. The van der Waals surface area contributed by atoms with E-state index in [0.29, 0.717) is 13.0 Å². The molecule has 1 rings (SSSR count). The number of hydroxylamine groups is 2. The number of carbonyl (C=O) groups is 1. The van der Waals surface area contributed by atoms with Gasteiger partial charge in [-0.05, 0) is 6.92 Å². The van der Waals surface area contributed by atoms with Crippen molar-refractivity contribution < 1.29 is 14.7 Å². The van der Waals surface area contributed by atoms with E-state index in [0.717, 1.165) is 0 Å². The van der Waals surface area contributed by atoms with E-state index in [1.54, 1.807) is 0 Å². The number of hydrogen-bond acceptors (Lipinski definition) is 3. The van der Waals surface area contributed by atoms with Crippen LogP contribution in [0, 0.1) is 0 Å². The molecule has 0 spiro atoms. The summed E-state index contributed by atoms with van der Waals surface area (Å²) in [5.74, 6) is -0.0402. The SMILES string of the molecule is CCN1OC(CO)CC1=O. The van der Waals surface area contributed by atoms with Crippen molar-refractivity contribution in [1.29, 1.82) is 0 Å². The molecule has 1 atom stereocenters. The lowest BCUT2D eigenvalue weighted by molar-refractivity contribution is -0.174. The maximum atomic E-state index is 10.9. The Morgan fingerprint density at radius 2 is 2.60 bits per heavy atom. The molecule has 0 bridgehead atoms. The molecule has 0 aromatic heterocycles. The fourth-order valence-corrected chi connectivity index (χ4v) is 0.921. The molecule has 10 heavy (non-hydrogen) atoms. The summed E-state index contributed by atoms with van der Waals surface area (Å²) in [6.45, 7) is 2.30. The van der Waals surface area contributed by atoms with Crippen LogP contribution >= 0.6 is 0 Å². The molecule has 4 nitrogen and oxygen atoms in total. The molecule has 1 N–H and O–H groups in total. The second-order valence-corrected chi connectivity index (χ2v) is 2.20. The third kappa shape index (κ3) is 1.27. The van der Waals surface area contributed by atoms with E-state index in [-0.39, 0.29) is 18.6 Å². The van der Waals surface area contributed by atoms with E-state index in [9.17, 15) is 4.79 Å². The van der Waals surface area contributed by atoms with Gasteiger partial charge in [0.05, 0.1) is 13.0 Å². The number of aliphatic hydroxyl groups is 1. The predicted octanol–water partition coefficient (Wildman–Crippen LogP) is -0.469. The highest BCUT2D eigenvalue weighted by molar-refractivity contribution is 5.77. The topological polar surface area (TPSA) is 49.8 Å². The van der Waals surface area contributed by atoms with Crippen LogP contribution < -0.4 is 0 Å². The maximum absolute atomic E-state index is 10.9. The second-order valence-electron chi connectivity index (χ2n) is 2.20. The minimum atomic E-state index is -0.313. The van der Waals surface area contributed by atoms with Crippen LogP contribution in [0.4, 0.5) is 0 Å². The van der Waals surface area contributed by atoms with Crippen LogP contribution in [0.1, 0.15) is 13.3 Å².